The van der Waals surface area contributed by atoms with Crippen LogP contribution in [-0.4, -0.2) is 16.2 Å². The number of hydrogen-bond acceptors (Lipinski definition) is 4. The van der Waals surface area contributed by atoms with E-state index in [1.807, 2.05) is 12.1 Å². The summed E-state index contributed by atoms with van der Waals surface area (Å²) in [5.41, 5.74) is 2.09. The van der Waals surface area contributed by atoms with E-state index in [9.17, 15) is 0 Å². The van der Waals surface area contributed by atoms with Crippen molar-refractivity contribution in [2.45, 2.75) is 45.6 Å². The standard InChI is InChI=1S/C15H21N3O/c1-3-5-6-13(4-2)17-14-9-7-12(8-10-14)15-18-16-11-19-15/h7-11,13,17H,3-6H2,1-2H3. The van der Waals surface area contributed by atoms with Gasteiger partial charge in [-0.1, -0.05) is 26.7 Å². The van der Waals surface area contributed by atoms with Crippen molar-refractivity contribution in [2.75, 3.05) is 5.32 Å². The Kier molecular flexibility index (Phi) is 4.95. The normalized spacial score (nSPS) is 12.3. The number of nitrogens with zero attached hydrogens (tertiary/aromatic N) is 2. The third-order valence-corrected chi connectivity index (χ3v) is 3.26. The highest BCUT2D eigenvalue weighted by Crippen LogP contribution is 2.20. The summed E-state index contributed by atoms with van der Waals surface area (Å²) in [6.07, 6.45) is 6.23. The maximum Gasteiger partial charge on any atom is 0.247 e. The van der Waals surface area contributed by atoms with E-state index >= 15 is 0 Å². The molecule has 102 valence electrons. The molecule has 0 aliphatic heterocycles. The maximum absolute atomic E-state index is 5.17. The van der Waals surface area contributed by atoms with Crippen molar-refractivity contribution >= 4 is 5.69 Å². The summed E-state index contributed by atoms with van der Waals surface area (Å²) in [6, 6.07) is 8.68. The SMILES string of the molecule is CCCCC(CC)Nc1ccc(-c2nnco2)cc1. The predicted molar refractivity (Wildman–Crippen MR) is 77.0 cm³/mol. The van der Waals surface area contributed by atoms with Crippen LogP contribution < -0.4 is 5.32 Å². The topological polar surface area (TPSA) is 51.0 Å². The molecular formula is C15H21N3O. The molecule has 0 amide bonds. The molecule has 2 rings (SSSR count). The number of unbranched alkanes of at least 4 members (excludes halogenated alkanes) is 1. The van der Waals surface area contributed by atoms with E-state index in [0.29, 0.717) is 11.9 Å². The lowest BCUT2D eigenvalue weighted by Gasteiger charge is -2.18. The molecule has 0 spiro atoms. The van der Waals surface area contributed by atoms with Gasteiger partial charge in [0.05, 0.1) is 0 Å². The maximum atomic E-state index is 5.17. The van der Waals surface area contributed by atoms with Crippen molar-refractivity contribution in [3.63, 3.8) is 0 Å². The van der Waals surface area contributed by atoms with E-state index in [-0.39, 0.29) is 0 Å². The number of aromatic nitrogens is 2. The summed E-state index contributed by atoms with van der Waals surface area (Å²) in [7, 11) is 0. The Morgan fingerprint density at radius 3 is 2.58 bits per heavy atom. The van der Waals surface area contributed by atoms with Gasteiger partial charge < -0.3 is 9.73 Å². The molecule has 0 bridgehead atoms. The number of benzene rings is 1. The van der Waals surface area contributed by atoms with Crippen LogP contribution in [0, 0.1) is 0 Å². The summed E-state index contributed by atoms with van der Waals surface area (Å²) in [5, 5.41) is 11.2. The highest BCUT2D eigenvalue weighted by atomic mass is 16.4. The zero-order chi connectivity index (χ0) is 13.5. The first kappa shape index (κ1) is 13.6. The van der Waals surface area contributed by atoms with Gasteiger partial charge in [0.25, 0.3) is 0 Å². The second-order valence-electron chi connectivity index (χ2n) is 4.71. The zero-order valence-corrected chi connectivity index (χ0v) is 11.6. The fourth-order valence-corrected chi connectivity index (χ4v) is 2.07. The van der Waals surface area contributed by atoms with Gasteiger partial charge in [-0.2, -0.15) is 0 Å². The van der Waals surface area contributed by atoms with Crippen LogP contribution in [0.5, 0.6) is 0 Å². The summed E-state index contributed by atoms with van der Waals surface area (Å²) in [6.45, 7) is 4.45. The Hall–Kier alpha value is -1.84. The molecule has 4 heteroatoms. The summed E-state index contributed by atoms with van der Waals surface area (Å²) >= 11 is 0. The van der Waals surface area contributed by atoms with Gasteiger partial charge in [-0.3, -0.25) is 0 Å². The Bertz CT molecular complexity index is 465. The third-order valence-electron chi connectivity index (χ3n) is 3.26. The Morgan fingerprint density at radius 1 is 1.21 bits per heavy atom. The van der Waals surface area contributed by atoms with Gasteiger partial charge in [0.15, 0.2) is 0 Å². The fourth-order valence-electron chi connectivity index (χ4n) is 2.07. The minimum atomic E-state index is 0.550. The molecule has 1 atom stereocenters. The van der Waals surface area contributed by atoms with Gasteiger partial charge in [0.1, 0.15) is 0 Å². The average Bonchev–Trinajstić information content (AvgIpc) is 2.98. The lowest BCUT2D eigenvalue weighted by atomic mass is 10.1. The second-order valence-corrected chi connectivity index (χ2v) is 4.71. The number of nitrogens with one attached hydrogen (secondary N) is 1. The van der Waals surface area contributed by atoms with Crippen LogP contribution >= 0.6 is 0 Å². The molecule has 0 aliphatic carbocycles. The summed E-state index contributed by atoms with van der Waals surface area (Å²) in [4.78, 5) is 0. The van der Waals surface area contributed by atoms with E-state index in [2.05, 4.69) is 41.5 Å². The number of anilines is 1. The van der Waals surface area contributed by atoms with Gasteiger partial charge in [-0.15, -0.1) is 10.2 Å². The third kappa shape index (κ3) is 3.81. The molecule has 0 fully saturated rings. The van der Waals surface area contributed by atoms with Crippen molar-refractivity contribution in [3.05, 3.63) is 30.7 Å². The highest BCUT2D eigenvalue weighted by Gasteiger charge is 2.07. The fraction of sp³-hybridized carbons (Fsp3) is 0.467. The van der Waals surface area contributed by atoms with Crippen molar-refractivity contribution in [1.82, 2.24) is 10.2 Å². The minimum Gasteiger partial charge on any atom is -0.423 e. The van der Waals surface area contributed by atoms with E-state index < -0.39 is 0 Å². The van der Waals surface area contributed by atoms with E-state index in [1.54, 1.807) is 0 Å². The van der Waals surface area contributed by atoms with Crippen LogP contribution in [0.3, 0.4) is 0 Å². The van der Waals surface area contributed by atoms with Crippen LogP contribution in [0.1, 0.15) is 39.5 Å². The quantitative estimate of drug-likeness (QED) is 0.812. The monoisotopic (exact) mass is 259 g/mol. The lowest BCUT2D eigenvalue weighted by Crippen LogP contribution is -2.18. The van der Waals surface area contributed by atoms with Gasteiger partial charge in [-0.25, -0.2) is 0 Å². The minimum absolute atomic E-state index is 0.550. The number of rotatable bonds is 7. The lowest BCUT2D eigenvalue weighted by molar-refractivity contribution is 0.568. The molecule has 4 nitrogen and oxygen atoms in total. The molecule has 1 N–H and O–H groups in total. The average molecular weight is 259 g/mol. The van der Waals surface area contributed by atoms with Gasteiger partial charge in [-0.05, 0) is 37.1 Å². The smallest absolute Gasteiger partial charge is 0.247 e. The summed E-state index contributed by atoms with van der Waals surface area (Å²) < 4.78 is 5.17. The summed E-state index contributed by atoms with van der Waals surface area (Å²) in [5.74, 6) is 0.560. The molecule has 1 heterocycles. The molecule has 0 radical (unpaired) electrons. The van der Waals surface area contributed by atoms with E-state index in [4.69, 9.17) is 4.42 Å². The molecule has 1 aromatic heterocycles. The number of hydrogen-bond donors (Lipinski definition) is 1. The van der Waals surface area contributed by atoms with Crippen molar-refractivity contribution in [1.29, 1.82) is 0 Å². The second kappa shape index (κ2) is 6.92. The van der Waals surface area contributed by atoms with E-state index in [0.717, 1.165) is 17.7 Å². The van der Waals surface area contributed by atoms with Crippen molar-refractivity contribution < 1.29 is 4.42 Å². The first-order valence-corrected chi connectivity index (χ1v) is 6.96. The molecule has 1 aromatic carbocycles. The van der Waals surface area contributed by atoms with Crippen LogP contribution in [0.25, 0.3) is 11.5 Å². The Labute approximate surface area is 114 Å². The Balaban J connectivity index is 1.98. The molecule has 1 unspecified atom stereocenters. The van der Waals surface area contributed by atoms with Crippen LogP contribution in [0.2, 0.25) is 0 Å². The molecular weight excluding hydrogens is 238 g/mol. The zero-order valence-electron chi connectivity index (χ0n) is 11.6. The first-order valence-electron chi connectivity index (χ1n) is 6.96. The molecule has 0 aliphatic rings. The Morgan fingerprint density at radius 2 is 2.00 bits per heavy atom. The predicted octanol–water partition coefficient (Wildman–Crippen LogP) is 4.12. The van der Waals surface area contributed by atoms with E-state index in [1.165, 1.54) is 25.7 Å². The molecule has 0 saturated carbocycles. The highest BCUT2D eigenvalue weighted by molar-refractivity contribution is 5.58. The molecule has 19 heavy (non-hydrogen) atoms. The van der Waals surface area contributed by atoms with Gasteiger partial charge in [0, 0.05) is 17.3 Å². The van der Waals surface area contributed by atoms with Gasteiger partial charge in [0.2, 0.25) is 12.3 Å². The van der Waals surface area contributed by atoms with Crippen molar-refractivity contribution in [2.24, 2.45) is 0 Å². The van der Waals surface area contributed by atoms with Crippen molar-refractivity contribution in [3.8, 4) is 11.5 Å². The van der Waals surface area contributed by atoms with Crippen LogP contribution in [0.4, 0.5) is 5.69 Å². The largest absolute Gasteiger partial charge is 0.423 e. The van der Waals surface area contributed by atoms with Crippen LogP contribution in [-0.2, 0) is 0 Å². The molecule has 2 aromatic rings. The first-order chi connectivity index (χ1) is 9.33. The molecule has 0 saturated heterocycles. The van der Waals surface area contributed by atoms with Crippen LogP contribution in [0.15, 0.2) is 35.1 Å². The van der Waals surface area contributed by atoms with Gasteiger partial charge >= 0.3 is 0 Å².